The summed E-state index contributed by atoms with van der Waals surface area (Å²) in [4.78, 5) is 27.8. The van der Waals surface area contributed by atoms with Crippen molar-refractivity contribution in [1.82, 2.24) is 9.99 Å². The molecule has 5 nitrogen and oxygen atoms in total. The van der Waals surface area contributed by atoms with Crippen LogP contribution in [-0.2, 0) is 17.6 Å². The van der Waals surface area contributed by atoms with Crippen LogP contribution < -0.4 is 5.84 Å². The van der Waals surface area contributed by atoms with Crippen LogP contribution in [0.5, 0.6) is 0 Å². The molecule has 0 spiro atoms. The first-order valence-corrected chi connectivity index (χ1v) is 6.82. The van der Waals surface area contributed by atoms with E-state index in [1.807, 2.05) is 0 Å². The van der Waals surface area contributed by atoms with Crippen LogP contribution in [0, 0.1) is 0 Å². The molecule has 2 rings (SSSR count). The number of hydrogen-bond donors (Lipinski definition) is 1. The number of rotatable bonds is 2. The maximum atomic E-state index is 12.2. The van der Waals surface area contributed by atoms with Gasteiger partial charge >= 0.3 is 0 Å². The first-order valence-electron chi connectivity index (χ1n) is 5.91. The molecule has 19 heavy (non-hydrogen) atoms. The molecule has 0 fully saturated rings. The maximum absolute atomic E-state index is 12.2. The van der Waals surface area contributed by atoms with Gasteiger partial charge in [0.05, 0.1) is 0 Å². The summed E-state index contributed by atoms with van der Waals surface area (Å²) in [6.07, 6.45) is 3.51. The number of halogens is 2. The number of pyridine rings is 1. The molecule has 0 aliphatic heterocycles. The third-order valence-electron chi connectivity index (χ3n) is 3.10. The SMILES string of the molecule is NN(C(=O)CCl)C(=O)c1cc(Cl)nc2c1CCCC2. The molecular weight excluding hydrogens is 289 g/mol. The standard InChI is InChI=1S/C12H13Cl2N3O2/c13-6-11(18)17(15)12(19)8-5-10(14)16-9-4-2-1-3-7(8)9/h5H,1-4,6,15H2. The number of carbonyl (C=O) groups is 2. The molecule has 0 radical (unpaired) electrons. The monoisotopic (exact) mass is 301 g/mol. The van der Waals surface area contributed by atoms with E-state index < -0.39 is 11.8 Å². The molecule has 1 heterocycles. The normalized spacial score (nSPS) is 13.8. The van der Waals surface area contributed by atoms with E-state index in [1.165, 1.54) is 6.07 Å². The number of carbonyl (C=O) groups excluding carboxylic acids is 2. The van der Waals surface area contributed by atoms with E-state index in [2.05, 4.69) is 4.98 Å². The summed E-state index contributed by atoms with van der Waals surface area (Å²) < 4.78 is 0. The number of nitrogens with zero attached hydrogens (tertiary/aromatic N) is 2. The second-order valence-electron chi connectivity index (χ2n) is 4.33. The van der Waals surface area contributed by atoms with Crippen molar-refractivity contribution in [3.63, 3.8) is 0 Å². The number of fused-ring (bicyclic) bond motifs is 1. The van der Waals surface area contributed by atoms with Crippen LogP contribution in [0.15, 0.2) is 6.07 Å². The second-order valence-corrected chi connectivity index (χ2v) is 4.98. The van der Waals surface area contributed by atoms with Crippen molar-refractivity contribution in [2.75, 3.05) is 5.88 Å². The minimum Gasteiger partial charge on any atom is -0.272 e. The highest BCUT2D eigenvalue weighted by atomic mass is 35.5. The van der Waals surface area contributed by atoms with Crippen molar-refractivity contribution in [3.8, 4) is 0 Å². The highest BCUT2D eigenvalue weighted by Gasteiger charge is 2.25. The maximum Gasteiger partial charge on any atom is 0.275 e. The third-order valence-corrected chi connectivity index (χ3v) is 3.52. The number of amides is 2. The van der Waals surface area contributed by atoms with E-state index in [4.69, 9.17) is 29.0 Å². The van der Waals surface area contributed by atoms with Gasteiger partial charge in [0.25, 0.3) is 11.8 Å². The molecule has 0 aromatic carbocycles. The molecule has 0 saturated carbocycles. The largest absolute Gasteiger partial charge is 0.275 e. The van der Waals surface area contributed by atoms with Gasteiger partial charge in [-0.25, -0.2) is 15.8 Å². The van der Waals surface area contributed by atoms with Gasteiger partial charge in [0.1, 0.15) is 11.0 Å². The zero-order chi connectivity index (χ0) is 14.0. The smallest absolute Gasteiger partial charge is 0.272 e. The molecule has 1 aliphatic carbocycles. The van der Waals surface area contributed by atoms with Gasteiger partial charge in [0.2, 0.25) is 0 Å². The van der Waals surface area contributed by atoms with Crippen LogP contribution in [0.25, 0.3) is 0 Å². The topological polar surface area (TPSA) is 76.3 Å². The molecule has 0 bridgehead atoms. The number of aromatic nitrogens is 1. The molecule has 7 heteroatoms. The summed E-state index contributed by atoms with van der Waals surface area (Å²) in [6.45, 7) is 0. The van der Waals surface area contributed by atoms with Crippen molar-refractivity contribution >= 4 is 35.0 Å². The van der Waals surface area contributed by atoms with E-state index in [9.17, 15) is 9.59 Å². The summed E-state index contributed by atoms with van der Waals surface area (Å²) in [6, 6.07) is 1.45. The Morgan fingerprint density at radius 1 is 1.37 bits per heavy atom. The van der Waals surface area contributed by atoms with Gasteiger partial charge in [0, 0.05) is 11.3 Å². The summed E-state index contributed by atoms with van der Waals surface area (Å²) in [7, 11) is 0. The van der Waals surface area contributed by atoms with Gasteiger partial charge in [-0.15, -0.1) is 11.6 Å². The fraction of sp³-hybridized carbons (Fsp3) is 0.417. The van der Waals surface area contributed by atoms with Gasteiger partial charge in [-0.05, 0) is 37.3 Å². The van der Waals surface area contributed by atoms with E-state index in [0.717, 1.165) is 36.9 Å². The van der Waals surface area contributed by atoms with Crippen LogP contribution in [0.1, 0.15) is 34.5 Å². The average Bonchev–Trinajstić information content (AvgIpc) is 2.43. The number of aryl methyl sites for hydroxylation is 1. The fourth-order valence-electron chi connectivity index (χ4n) is 2.17. The molecule has 0 unspecified atom stereocenters. The number of nitrogens with two attached hydrogens (primary N) is 1. The number of hydrogen-bond acceptors (Lipinski definition) is 4. The van der Waals surface area contributed by atoms with Gasteiger partial charge in [-0.3, -0.25) is 9.59 Å². The molecule has 2 N–H and O–H groups in total. The number of alkyl halides is 1. The highest BCUT2D eigenvalue weighted by Crippen LogP contribution is 2.26. The lowest BCUT2D eigenvalue weighted by molar-refractivity contribution is -0.126. The third kappa shape index (κ3) is 2.88. The first kappa shape index (κ1) is 14.2. The lowest BCUT2D eigenvalue weighted by atomic mass is 9.92. The summed E-state index contributed by atoms with van der Waals surface area (Å²) in [5.41, 5.74) is 1.99. The zero-order valence-corrected chi connectivity index (χ0v) is 11.7. The van der Waals surface area contributed by atoms with Gasteiger partial charge in [-0.2, -0.15) is 0 Å². The minimum atomic E-state index is -0.649. The fourth-order valence-corrected chi connectivity index (χ4v) is 2.51. The van der Waals surface area contributed by atoms with Crippen molar-refractivity contribution in [1.29, 1.82) is 0 Å². The Bertz CT molecular complexity index is 534. The Hall–Kier alpha value is -1.17. The lowest BCUT2D eigenvalue weighted by Gasteiger charge is -2.20. The van der Waals surface area contributed by atoms with Crippen LogP contribution in [0.3, 0.4) is 0 Å². The summed E-state index contributed by atoms with van der Waals surface area (Å²) in [5, 5.41) is 0.767. The van der Waals surface area contributed by atoms with Crippen LogP contribution in [0.2, 0.25) is 5.15 Å². The van der Waals surface area contributed by atoms with Crippen molar-refractivity contribution in [2.24, 2.45) is 5.84 Å². The van der Waals surface area contributed by atoms with Crippen molar-refractivity contribution in [2.45, 2.75) is 25.7 Å². The van der Waals surface area contributed by atoms with Gasteiger partial charge in [-0.1, -0.05) is 11.6 Å². The summed E-state index contributed by atoms with van der Waals surface area (Å²) in [5.74, 6) is 3.89. The Kier molecular flexibility index (Phi) is 4.39. The van der Waals surface area contributed by atoms with Crippen molar-refractivity contribution < 1.29 is 9.59 Å². The lowest BCUT2D eigenvalue weighted by Crippen LogP contribution is -2.43. The minimum absolute atomic E-state index is 0.232. The highest BCUT2D eigenvalue weighted by molar-refractivity contribution is 6.30. The zero-order valence-electron chi connectivity index (χ0n) is 10.2. The Morgan fingerprint density at radius 3 is 2.74 bits per heavy atom. The van der Waals surface area contributed by atoms with Gasteiger partial charge < -0.3 is 0 Å². The predicted octanol–water partition coefficient (Wildman–Crippen LogP) is 1.70. The molecule has 102 valence electrons. The first-order chi connectivity index (χ1) is 9.04. The molecule has 2 amide bonds. The molecule has 1 aromatic heterocycles. The van der Waals surface area contributed by atoms with Crippen LogP contribution >= 0.6 is 23.2 Å². The van der Waals surface area contributed by atoms with Gasteiger partial charge in [0.15, 0.2) is 0 Å². The van der Waals surface area contributed by atoms with Crippen LogP contribution in [-0.4, -0.2) is 27.7 Å². The predicted molar refractivity (Wildman–Crippen MR) is 72.0 cm³/mol. The quantitative estimate of drug-likeness (QED) is 0.296. The van der Waals surface area contributed by atoms with Crippen molar-refractivity contribution in [3.05, 3.63) is 28.0 Å². The average molecular weight is 302 g/mol. The number of imide groups is 1. The van der Waals surface area contributed by atoms with E-state index in [-0.39, 0.29) is 11.0 Å². The molecule has 0 atom stereocenters. The number of hydrazine groups is 1. The second kappa shape index (κ2) is 5.86. The Morgan fingerprint density at radius 2 is 2.05 bits per heavy atom. The van der Waals surface area contributed by atoms with E-state index in [0.29, 0.717) is 10.6 Å². The Balaban J connectivity index is 2.41. The molecular formula is C12H13Cl2N3O2. The Labute approximate surface area is 120 Å². The molecule has 1 aliphatic rings. The van der Waals surface area contributed by atoms with E-state index in [1.54, 1.807) is 0 Å². The van der Waals surface area contributed by atoms with E-state index >= 15 is 0 Å². The molecule has 1 aromatic rings. The molecule has 0 saturated heterocycles. The van der Waals surface area contributed by atoms with Crippen LogP contribution in [0.4, 0.5) is 0 Å². The summed E-state index contributed by atoms with van der Waals surface area (Å²) >= 11 is 11.3.